The Morgan fingerprint density at radius 2 is 1.58 bits per heavy atom. The van der Waals surface area contributed by atoms with E-state index in [-0.39, 0.29) is 24.4 Å². The molecule has 0 saturated carbocycles. The average Bonchev–Trinajstić information content (AvgIpc) is 3.12. The summed E-state index contributed by atoms with van der Waals surface area (Å²) < 4.78 is 20.4. The summed E-state index contributed by atoms with van der Waals surface area (Å²) in [5.41, 5.74) is 3.14. The van der Waals surface area contributed by atoms with Gasteiger partial charge < -0.3 is 20.3 Å². The number of fused-ring (bicyclic) bond motifs is 1. The van der Waals surface area contributed by atoms with Gasteiger partial charge in [-0.15, -0.1) is 0 Å². The second-order valence-electron chi connectivity index (χ2n) is 7.96. The molecule has 6 nitrogen and oxygen atoms in total. The van der Waals surface area contributed by atoms with Crippen molar-refractivity contribution >= 4 is 35.3 Å². The minimum Gasteiger partial charge on any atom is -0.481 e. The molecule has 0 spiro atoms. The third-order valence-corrected chi connectivity index (χ3v) is 7.06. The fraction of sp³-hybridized carbons (Fsp3) is 0.259. The third kappa shape index (κ3) is 8.26. The molecule has 0 radical (unpaired) electrons. The van der Waals surface area contributed by atoms with Gasteiger partial charge in [-0.05, 0) is 55.3 Å². The van der Waals surface area contributed by atoms with E-state index in [2.05, 4.69) is 11.4 Å². The molecule has 0 bridgehead atoms. The number of para-hydroxylation sites is 1. The first-order valence-electron chi connectivity index (χ1n) is 11.4. The Bertz CT molecular complexity index is 1160. The van der Waals surface area contributed by atoms with Gasteiger partial charge in [0.15, 0.2) is 17.0 Å². The van der Waals surface area contributed by atoms with Crippen molar-refractivity contribution in [3.63, 3.8) is 0 Å². The van der Waals surface area contributed by atoms with Gasteiger partial charge in [0, 0.05) is 10.5 Å². The fourth-order valence-corrected chi connectivity index (χ4v) is 5.11. The van der Waals surface area contributed by atoms with E-state index in [4.69, 9.17) is 26.6 Å². The second kappa shape index (κ2) is 13.9. The van der Waals surface area contributed by atoms with Crippen LogP contribution in [0.4, 0.5) is 4.39 Å². The predicted molar refractivity (Wildman–Crippen MR) is 138 cm³/mol. The zero-order valence-electron chi connectivity index (χ0n) is 19.5. The van der Waals surface area contributed by atoms with Crippen LogP contribution in [0.5, 0.6) is 5.75 Å². The number of hydrogen-bond donors (Lipinski definition) is 3. The van der Waals surface area contributed by atoms with Crippen LogP contribution in [0.1, 0.15) is 35.0 Å². The van der Waals surface area contributed by atoms with E-state index in [9.17, 15) is 14.0 Å². The number of carboxylic acid groups (broad SMARTS) is 2. The Labute approximate surface area is 218 Å². The van der Waals surface area contributed by atoms with Crippen LogP contribution in [0.2, 0.25) is 5.02 Å². The molecule has 1 unspecified atom stereocenters. The molecule has 0 fully saturated rings. The van der Waals surface area contributed by atoms with E-state index in [0.29, 0.717) is 5.02 Å². The Morgan fingerprint density at radius 3 is 2.25 bits per heavy atom. The van der Waals surface area contributed by atoms with E-state index >= 15 is 0 Å². The number of hydrogen-bond acceptors (Lipinski definition) is 5. The summed E-state index contributed by atoms with van der Waals surface area (Å²) in [5, 5.41) is 19.9. The first kappa shape index (κ1) is 27.5. The Balaban J connectivity index is 0.000000392. The SMILES string of the molecule is Fc1ccccc1OC(Sc1c(Cl)ccc2c1CCNCC2)c1ccccc1.O=C(O)CCC(=O)O. The van der Waals surface area contributed by atoms with Crippen LogP contribution >= 0.6 is 23.4 Å². The average molecular weight is 532 g/mol. The molecular formula is C27H27ClFNO5S. The molecule has 1 aliphatic rings. The molecule has 4 rings (SSSR count). The lowest BCUT2D eigenvalue weighted by atomic mass is 10.0. The van der Waals surface area contributed by atoms with Crippen molar-refractivity contribution in [1.82, 2.24) is 5.32 Å². The molecular weight excluding hydrogens is 505 g/mol. The predicted octanol–water partition coefficient (Wildman–Crippen LogP) is 5.97. The summed E-state index contributed by atoms with van der Waals surface area (Å²) in [5.74, 6) is -2.28. The molecule has 1 atom stereocenters. The molecule has 1 heterocycles. The number of rotatable bonds is 8. The van der Waals surface area contributed by atoms with Crippen molar-refractivity contribution in [1.29, 1.82) is 0 Å². The van der Waals surface area contributed by atoms with E-state index < -0.39 is 17.4 Å². The van der Waals surface area contributed by atoms with E-state index in [1.165, 1.54) is 17.2 Å². The lowest BCUT2D eigenvalue weighted by molar-refractivity contribution is -0.143. The number of aliphatic carboxylic acids is 2. The molecule has 36 heavy (non-hydrogen) atoms. The van der Waals surface area contributed by atoms with E-state index in [1.807, 2.05) is 36.4 Å². The van der Waals surface area contributed by atoms with Gasteiger partial charge in [-0.1, -0.05) is 71.9 Å². The van der Waals surface area contributed by atoms with Crippen molar-refractivity contribution in [2.75, 3.05) is 13.1 Å². The first-order chi connectivity index (χ1) is 17.3. The van der Waals surface area contributed by atoms with Crippen LogP contribution in [0.15, 0.2) is 71.6 Å². The standard InChI is InChI=1S/C23H21ClFNOS.C4H6O4/c24-19-11-10-16-12-14-26-15-13-18(16)22(19)28-23(17-6-2-1-3-7-17)27-21-9-5-4-8-20(21)25;5-3(6)1-2-4(7)8/h1-11,23,26H,12-15H2;1-2H2,(H,5,6)(H,7,8). The maximum absolute atomic E-state index is 14.2. The van der Waals surface area contributed by atoms with Crippen LogP contribution in [-0.4, -0.2) is 35.2 Å². The number of carbonyl (C=O) groups is 2. The normalized spacial score (nSPS) is 13.4. The quantitative estimate of drug-likeness (QED) is 0.243. The van der Waals surface area contributed by atoms with Crippen molar-refractivity contribution < 1.29 is 28.9 Å². The molecule has 0 amide bonds. The summed E-state index contributed by atoms with van der Waals surface area (Å²) in [4.78, 5) is 20.3. The largest absolute Gasteiger partial charge is 0.481 e. The van der Waals surface area contributed by atoms with Crippen molar-refractivity contribution in [3.05, 3.63) is 94.3 Å². The highest BCUT2D eigenvalue weighted by atomic mass is 35.5. The van der Waals surface area contributed by atoms with Crippen LogP contribution in [0.3, 0.4) is 0 Å². The number of halogens is 2. The molecule has 1 aliphatic heterocycles. The molecule has 0 saturated heterocycles. The summed E-state index contributed by atoms with van der Waals surface area (Å²) in [6.07, 6.45) is 1.30. The van der Waals surface area contributed by atoms with Gasteiger partial charge in [0.05, 0.1) is 17.9 Å². The maximum Gasteiger partial charge on any atom is 0.303 e. The monoisotopic (exact) mass is 531 g/mol. The Kier molecular flexibility index (Phi) is 10.6. The fourth-order valence-electron chi connectivity index (χ4n) is 3.58. The summed E-state index contributed by atoms with van der Waals surface area (Å²) in [7, 11) is 0. The van der Waals surface area contributed by atoms with Gasteiger partial charge in [-0.2, -0.15) is 0 Å². The minimum atomic E-state index is -1.08. The van der Waals surface area contributed by atoms with Gasteiger partial charge in [0.2, 0.25) is 0 Å². The molecule has 9 heteroatoms. The molecule has 3 N–H and O–H groups in total. The molecule has 3 aromatic carbocycles. The number of carboxylic acids is 2. The summed E-state index contributed by atoms with van der Waals surface area (Å²) in [6, 6.07) is 20.5. The summed E-state index contributed by atoms with van der Waals surface area (Å²) in [6.45, 7) is 1.89. The second-order valence-corrected chi connectivity index (χ2v) is 9.44. The lowest BCUT2D eigenvalue weighted by Crippen LogP contribution is -2.16. The molecule has 0 aliphatic carbocycles. The third-order valence-electron chi connectivity index (χ3n) is 5.35. The number of ether oxygens (including phenoxy) is 1. The zero-order valence-corrected chi connectivity index (χ0v) is 21.0. The van der Waals surface area contributed by atoms with Gasteiger partial charge in [0.1, 0.15) is 0 Å². The topological polar surface area (TPSA) is 95.9 Å². The van der Waals surface area contributed by atoms with Crippen molar-refractivity contribution in [2.24, 2.45) is 0 Å². The zero-order chi connectivity index (χ0) is 25.9. The van der Waals surface area contributed by atoms with Crippen molar-refractivity contribution in [2.45, 2.75) is 36.0 Å². The minimum absolute atomic E-state index is 0.240. The van der Waals surface area contributed by atoms with Crippen molar-refractivity contribution in [3.8, 4) is 5.75 Å². The summed E-state index contributed by atoms with van der Waals surface area (Å²) >= 11 is 8.16. The van der Waals surface area contributed by atoms with Gasteiger partial charge in [0.25, 0.3) is 0 Å². The molecule has 3 aromatic rings. The van der Waals surface area contributed by atoms with Crippen LogP contribution in [-0.2, 0) is 22.4 Å². The Morgan fingerprint density at radius 1 is 0.944 bits per heavy atom. The molecule has 190 valence electrons. The van der Waals surface area contributed by atoms with Gasteiger partial charge in [-0.3, -0.25) is 9.59 Å². The van der Waals surface area contributed by atoms with Gasteiger partial charge >= 0.3 is 11.9 Å². The lowest BCUT2D eigenvalue weighted by Gasteiger charge is -2.22. The van der Waals surface area contributed by atoms with Gasteiger partial charge in [-0.25, -0.2) is 4.39 Å². The maximum atomic E-state index is 14.2. The smallest absolute Gasteiger partial charge is 0.303 e. The Hall–Kier alpha value is -3.07. The van der Waals surface area contributed by atoms with Crippen LogP contribution in [0, 0.1) is 5.82 Å². The van der Waals surface area contributed by atoms with Crippen LogP contribution < -0.4 is 10.1 Å². The van der Waals surface area contributed by atoms with E-state index in [1.54, 1.807) is 30.0 Å². The van der Waals surface area contributed by atoms with Crippen LogP contribution in [0.25, 0.3) is 0 Å². The highest BCUT2D eigenvalue weighted by Gasteiger charge is 2.22. The first-order valence-corrected chi connectivity index (χ1v) is 12.7. The highest BCUT2D eigenvalue weighted by molar-refractivity contribution is 7.99. The highest BCUT2D eigenvalue weighted by Crippen LogP contribution is 2.43. The molecule has 0 aromatic heterocycles. The van der Waals surface area contributed by atoms with E-state index in [0.717, 1.165) is 36.4 Å². The number of benzene rings is 3. The number of nitrogens with one attached hydrogen (secondary N) is 1. The number of thioether (sulfide) groups is 1.